The number of methoxy groups -OCH3 is 1. The third-order valence-electron chi connectivity index (χ3n) is 4.23. The summed E-state index contributed by atoms with van der Waals surface area (Å²) in [7, 11) is 1.75. The van der Waals surface area contributed by atoms with Crippen molar-refractivity contribution in [2.24, 2.45) is 0 Å². The highest BCUT2D eigenvalue weighted by Gasteiger charge is 2.23. The summed E-state index contributed by atoms with van der Waals surface area (Å²) in [6, 6.07) is 4.03. The van der Waals surface area contributed by atoms with E-state index < -0.39 is 0 Å². The van der Waals surface area contributed by atoms with Crippen molar-refractivity contribution < 1.29 is 9.53 Å². The number of thiazole rings is 1. The van der Waals surface area contributed by atoms with E-state index in [1.165, 1.54) is 11.3 Å². The number of hydrogen-bond acceptors (Lipinski definition) is 5. The van der Waals surface area contributed by atoms with Gasteiger partial charge in [-0.05, 0) is 50.3 Å². The van der Waals surface area contributed by atoms with Crippen LogP contribution in [0.25, 0.3) is 10.6 Å². The minimum Gasteiger partial charge on any atom is -0.381 e. The van der Waals surface area contributed by atoms with Crippen molar-refractivity contribution in [3.8, 4) is 10.6 Å². The zero-order valence-electron chi connectivity index (χ0n) is 13.4. The van der Waals surface area contributed by atoms with Crippen molar-refractivity contribution in [2.75, 3.05) is 7.11 Å². The molecule has 3 rings (SSSR count). The number of amides is 1. The van der Waals surface area contributed by atoms with Crippen molar-refractivity contribution in [1.82, 2.24) is 15.3 Å². The largest absolute Gasteiger partial charge is 0.381 e. The van der Waals surface area contributed by atoms with Crippen LogP contribution < -0.4 is 5.32 Å². The predicted molar refractivity (Wildman–Crippen MR) is 90.6 cm³/mol. The molecule has 1 aliphatic rings. The fourth-order valence-corrected chi connectivity index (χ4v) is 3.54. The van der Waals surface area contributed by atoms with Gasteiger partial charge in [0, 0.05) is 19.3 Å². The molecule has 1 aliphatic carbocycles. The third kappa shape index (κ3) is 3.95. The Balaban J connectivity index is 1.70. The molecule has 5 nitrogen and oxygen atoms in total. The van der Waals surface area contributed by atoms with Crippen LogP contribution in [0.5, 0.6) is 0 Å². The van der Waals surface area contributed by atoms with E-state index in [0.29, 0.717) is 11.8 Å². The Morgan fingerprint density at radius 1 is 1.30 bits per heavy atom. The van der Waals surface area contributed by atoms with Gasteiger partial charge in [-0.2, -0.15) is 0 Å². The molecule has 2 aromatic rings. The third-order valence-corrected chi connectivity index (χ3v) is 5.03. The summed E-state index contributed by atoms with van der Waals surface area (Å²) < 4.78 is 5.37. The van der Waals surface area contributed by atoms with Crippen molar-refractivity contribution in [3.05, 3.63) is 35.1 Å². The second-order valence-electron chi connectivity index (χ2n) is 5.96. The first-order valence-electron chi connectivity index (χ1n) is 7.87. The van der Waals surface area contributed by atoms with Crippen molar-refractivity contribution >= 4 is 17.2 Å². The van der Waals surface area contributed by atoms with Crippen molar-refractivity contribution in [3.63, 3.8) is 0 Å². The van der Waals surface area contributed by atoms with Gasteiger partial charge in [-0.15, -0.1) is 11.3 Å². The molecule has 6 heteroatoms. The highest BCUT2D eigenvalue weighted by Crippen LogP contribution is 2.23. The lowest BCUT2D eigenvalue weighted by Gasteiger charge is -2.28. The average Bonchev–Trinajstić information content (AvgIpc) is 3.09. The smallest absolute Gasteiger partial charge is 0.270 e. The van der Waals surface area contributed by atoms with Crippen LogP contribution in [-0.2, 0) is 4.74 Å². The maximum Gasteiger partial charge on any atom is 0.270 e. The SMILES string of the molecule is COC1CCC(NC(=O)c2cc(C)cc(-c3cncs3)n2)CC1. The van der Waals surface area contributed by atoms with Crippen molar-refractivity contribution in [1.29, 1.82) is 0 Å². The van der Waals surface area contributed by atoms with Gasteiger partial charge in [0.15, 0.2) is 0 Å². The number of carbonyl (C=O) groups excluding carboxylic acids is 1. The number of pyridine rings is 1. The van der Waals surface area contributed by atoms with Gasteiger partial charge in [0.2, 0.25) is 0 Å². The molecule has 0 spiro atoms. The number of carbonyl (C=O) groups is 1. The van der Waals surface area contributed by atoms with Crippen LogP contribution in [0.2, 0.25) is 0 Å². The Bertz CT molecular complexity index is 664. The Morgan fingerprint density at radius 3 is 2.74 bits per heavy atom. The number of nitrogens with zero attached hydrogens (tertiary/aromatic N) is 2. The molecule has 0 aromatic carbocycles. The van der Waals surface area contributed by atoms with Gasteiger partial charge in [0.25, 0.3) is 5.91 Å². The zero-order chi connectivity index (χ0) is 16.2. The summed E-state index contributed by atoms with van der Waals surface area (Å²) in [5.41, 5.74) is 4.08. The summed E-state index contributed by atoms with van der Waals surface area (Å²) in [6.45, 7) is 1.98. The van der Waals surface area contributed by atoms with Gasteiger partial charge in [-0.3, -0.25) is 9.78 Å². The second-order valence-corrected chi connectivity index (χ2v) is 6.85. The second kappa shape index (κ2) is 7.19. The Morgan fingerprint density at radius 2 is 2.09 bits per heavy atom. The molecular formula is C17H21N3O2S. The highest BCUT2D eigenvalue weighted by molar-refractivity contribution is 7.13. The van der Waals surface area contributed by atoms with Gasteiger partial charge < -0.3 is 10.1 Å². The van der Waals surface area contributed by atoms with E-state index in [-0.39, 0.29) is 11.9 Å². The minimum atomic E-state index is -0.0969. The first-order valence-corrected chi connectivity index (χ1v) is 8.75. The molecule has 1 amide bonds. The monoisotopic (exact) mass is 331 g/mol. The molecule has 0 radical (unpaired) electrons. The quantitative estimate of drug-likeness (QED) is 0.934. The van der Waals surface area contributed by atoms with E-state index in [4.69, 9.17) is 4.74 Å². The topological polar surface area (TPSA) is 64.1 Å². The molecule has 2 heterocycles. The standard InChI is InChI=1S/C17H21N3O2S/c1-11-7-14(16-9-18-10-23-16)20-15(8-11)17(21)19-12-3-5-13(22-2)6-4-12/h7-10,12-13H,3-6H2,1-2H3,(H,19,21). The minimum absolute atomic E-state index is 0.0969. The number of hydrogen-bond donors (Lipinski definition) is 1. The van der Waals surface area contributed by atoms with Crippen LogP contribution in [0.4, 0.5) is 0 Å². The zero-order valence-corrected chi connectivity index (χ0v) is 14.2. The van der Waals surface area contributed by atoms with E-state index in [2.05, 4.69) is 15.3 Å². The Labute approximate surface area is 140 Å². The number of ether oxygens (including phenoxy) is 1. The lowest BCUT2D eigenvalue weighted by molar-refractivity contribution is 0.0598. The molecule has 0 unspecified atom stereocenters. The maximum absolute atomic E-state index is 12.5. The molecule has 2 aromatic heterocycles. The van der Waals surface area contributed by atoms with Gasteiger partial charge in [0.1, 0.15) is 5.69 Å². The molecule has 122 valence electrons. The first-order chi connectivity index (χ1) is 11.2. The molecule has 0 bridgehead atoms. The summed E-state index contributed by atoms with van der Waals surface area (Å²) >= 11 is 1.52. The fraction of sp³-hybridized carbons (Fsp3) is 0.471. The van der Waals surface area contributed by atoms with Crippen molar-refractivity contribution in [2.45, 2.75) is 44.8 Å². The predicted octanol–water partition coefficient (Wildman–Crippen LogP) is 3.20. The number of aromatic nitrogens is 2. The van der Waals surface area contributed by atoms with Gasteiger partial charge in [-0.1, -0.05) is 0 Å². The number of aryl methyl sites for hydroxylation is 1. The molecule has 0 aliphatic heterocycles. The highest BCUT2D eigenvalue weighted by atomic mass is 32.1. The Hall–Kier alpha value is -1.79. The number of nitrogens with one attached hydrogen (secondary N) is 1. The van der Waals surface area contributed by atoms with Gasteiger partial charge in [-0.25, -0.2) is 4.98 Å². The fourth-order valence-electron chi connectivity index (χ4n) is 2.95. The Kier molecular flexibility index (Phi) is 5.03. The van der Waals surface area contributed by atoms with Crippen LogP contribution in [0, 0.1) is 6.92 Å². The lowest BCUT2D eigenvalue weighted by Crippen LogP contribution is -2.39. The van der Waals surface area contributed by atoms with Gasteiger partial charge >= 0.3 is 0 Å². The molecule has 0 saturated heterocycles. The van der Waals surface area contributed by atoms with E-state index in [1.54, 1.807) is 18.8 Å². The summed E-state index contributed by atoms with van der Waals surface area (Å²) in [6.07, 6.45) is 6.01. The lowest BCUT2D eigenvalue weighted by atomic mass is 9.93. The van der Waals surface area contributed by atoms with E-state index >= 15 is 0 Å². The van der Waals surface area contributed by atoms with E-state index in [1.807, 2.05) is 19.1 Å². The maximum atomic E-state index is 12.5. The summed E-state index contributed by atoms with van der Waals surface area (Å²) in [5, 5.41) is 3.11. The first kappa shape index (κ1) is 16.1. The molecule has 23 heavy (non-hydrogen) atoms. The van der Waals surface area contributed by atoms with Crippen LogP contribution in [-0.4, -0.2) is 35.1 Å². The summed E-state index contributed by atoms with van der Waals surface area (Å²) in [4.78, 5) is 22.1. The van der Waals surface area contributed by atoms with Gasteiger partial charge in [0.05, 0.1) is 22.2 Å². The van der Waals surface area contributed by atoms with E-state index in [0.717, 1.165) is 41.8 Å². The number of rotatable bonds is 4. The van der Waals surface area contributed by atoms with Crippen LogP contribution in [0.15, 0.2) is 23.8 Å². The molecule has 1 saturated carbocycles. The van der Waals surface area contributed by atoms with E-state index in [9.17, 15) is 4.79 Å². The van der Waals surface area contributed by atoms with Crippen LogP contribution >= 0.6 is 11.3 Å². The molecule has 1 fully saturated rings. The average molecular weight is 331 g/mol. The molecule has 0 atom stereocenters. The van der Waals surface area contributed by atoms with Crippen LogP contribution in [0.1, 0.15) is 41.7 Å². The normalized spacial score (nSPS) is 21.1. The molecule has 1 N–H and O–H groups in total. The summed E-state index contributed by atoms with van der Waals surface area (Å²) in [5.74, 6) is -0.0969. The molecular weight excluding hydrogens is 310 g/mol. The van der Waals surface area contributed by atoms with Crippen LogP contribution in [0.3, 0.4) is 0 Å².